The number of aryl methyl sites for hydroxylation is 1. The Bertz CT molecular complexity index is 633. The van der Waals surface area contributed by atoms with E-state index in [1.54, 1.807) is 17.4 Å². The van der Waals surface area contributed by atoms with E-state index in [1.165, 1.54) is 4.88 Å². The highest BCUT2D eigenvalue weighted by atomic mass is 32.1. The third-order valence-corrected chi connectivity index (χ3v) is 4.92. The molecule has 2 rings (SSSR count). The van der Waals surface area contributed by atoms with E-state index in [0.29, 0.717) is 6.54 Å². The molecule has 1 amide bonds. The lowest BCUT2D eigenvalue weighted by molar-refractivity contribution is -0.115. The predicted molar refractivity (Wildman–Crippen MR) is 93.6 cm³/mol. The number of carbonyl (C=O) groups excluding carboxylic acids is 2. The summed E-state index contributed by atoms with van der Waals surface area (Å²) in [6.07, 6.45) is 5.18. The monoisotopic (exact) mass is 335 g/mol. The van der Waals surface area contributed by atoms with Gasteiger partial charge in [0.25, 0.3) is 0 Å². The van der Waals surface area contributed by atoms with Crippen molar-refractivity contribution in [3.63, 3.8) is 0 Å². The number of carbonyl (C=O) groups is 2. The number of nitrogens with one attached hydrogen (secondary N) is 1. The molecule has 0 aromatic carbocycles. The molecule has 126 valence electrons. The van der Waals surface area contributed by atoms with Gasteiger partial charge in [-0.3, -0.25) is 4.79 Å². The van der Waals surface area contributed by atoms with E-state index in [2.05, 4.69) is 12.2 Å². The number of amides is 1. The number of hydrogen-bond donors (Lipinski definition) is 1. The van der Waals surface area contributed by atoms with Crippen LogP contribution in [0, 0.1) is 19.8 Å². The highest BCUT2D eigenvalue weighted by Crippen LogP contribution is 2.32. The summed E-state index contributed by atoms with van der Waals surface area (Å²) < 4.78 is 5.26. The minimum Gasteiger partial charge on any atom is -0.444 e. The fraction of sp³-hybridized carbons (Fsp3) is 0.556. The maximum atomic E-state index is 11.9. The fourth-order valence-corrected chi connectivity index (χ4v) is 3.31. The summed E-state index contributed by atoms with van der Waals surface area (Å²) in [5.74, 6) is 0.439. The molecule has 1 aliphatic rings. The highest BCUT2D eigenvalue weighted by molar-refractivity contribution is 7.12. The van der Waals surface area contributed by atoms with Gasteiger partial charge in [0.15, 0.2) is 5.78 Å². The van der Waals surface area contributed by atoms with Crippen molar-refractivity contribution in [3.05, 3.63) is 27.0 Å². The Morgan fingerprint density at radius 3 is 2.52 bits per heavy atom. The Balaban J connectivity index is 2.05. The summed E-state index contributed by atoms with van der Waals surface area (Å²) >= 11 is 1.64. The van der Waals surface area contributed by atoms with Gasteiger partial charge in [0.05, 0.1) is 6.54 Å². The van der Waals surface area contributed by atoms with Crippen LogP contribution in [0.15, 0.2) is 6.08 Å². The van der Waals surface area contributed by atoms with E-state index in [4.69, 9.17) is 4.74 Å². The van der Waals surface area contributed by atoms with E-state index < -0.39 is 11.7 Å². The van der Waals surface area contributed by atoms with Crippen LogP contribution in [0.25, 0.3) is 6.08 Å². The molecule has 0 radical (unpaired) electrons. The largest absolute Gasteiger partial charge is 0.444 e. The van der Waals surface area contributed by atoms with E-state index in [9.17, 15) is 9.59 Å². The molecule has 23 heavy (non-hydrogen) atoms. The quantitative estimate of drug-likeness (QED) is 0.812. The van der Waals surface area contributed by atoms with Gasteiger partial charge >= 0.3 is 6.09 Å². The summed E-state index contributed by atoms with van der Waals surface area (Å²) in [6, 6.07) is 0. The smallest absolute Gasteiger partial charge is 0.407 e. The molecule has 1 aromatic heterocycles. The van der Waals surface area contributed by atoms with Crippen LogP contribution < -0.4 is 5.32 Å². The van der Waals surface area contributed by atoms with Gasteiger partial charge in [-0.1, -0.05) is 0 Å². The van der Waals surface area contributed by atoms with E-state index in [1.807, 2.05) is 33.8 Å². The normalized spacial score (nSPS) is 15.0. The minimum atomic E-state index is -0.509. The Kier molecular flexibility index (Phi) is 5.30. The van der Waals surface area contributed by atoms with Gasteiger partial charge in [-0.25, -0.2) is 4.79 Å². The molecule has 5 heteroatoms. The van der Waals surface area contributed by atoms with Crippen LogP contribution in [0.1, 0.15) is 54.5 Å². The molecular formula is C18H25NO3S. The second-order valence-corrected chi connectivity index (χ2v) is 8.29. The van der Waals surface area contributed by atoms with E-state index >= 15 is 0 Å². The average Bonchev–Trinajstić information content (AvgIpc) is 3.22. The number of ketones is 1. The summed E-state index contributed by atoms with van der Waals surface area (Å²) in [4.78, 5) is 25.9. The van der Waals surface area contributed by atoms with Gasteiger partial charge in [0.1, 0.15) is 5.60 Å². The zero-order chi connectivity index (χ0) is 17.2. The van der Waals surface area contributed by atoms with Crippen molar-refractivity contribution in [2.45, 2.75) is 59.6 Å². The maximum Gasteiger partial charge on any atom is 0.407 e. The number of allylic oxidation sites excluding steroid dienone is 1. The van der Waals surface area contributed by atoms with Gasteiger partial charge in [-0.15, -0.1) is 11.3 Å². The number of ether oxygens (including phenoxy) is 1. The van der Waals surface area contributed by atoms with E-state index in [-0.39, 0.29) is 11.7 Å². The number of rotatable bonds is 5. The first-order valence-corrected chi connectivity index (χ1v) is 8.76. The molecule has 4 nitrogen and oxygen atoms in total. The van der Waals surface area contributed by atoms with Crippen LogP contribution in [-0.2, 0) is 16.1 Å². The minimum absolute atomic E-state index is 0.208. The predicted octanol–water partition coefficient (Wildman–Crippen LogP) is 4.38. The molecule has 1 heterocycles. The zero-order valence-corrected chi connectivity index (χ0v) is 15.3. The van der Waals surface area contributed by atoms with Crippen molar-refractivity contribution in [2.24, 2.45) is 5.92 Å². The van der Waals surface area contributed by atoms with Crippen molar-refractivity contribution in [2.75, 3.05) is 0 Å². The van der Waals surface area contributed by atoms with Gasteiger partial charge in [-0.2, -0.15) is 0 Å². The van der Waals surface area contributed by atoms with Crippen molar-refractivity contribution < 1.29 is 14.3 Å². The van der Waals surface area contributed by atoms with Crippen LogP contribution in [0.5, 0.6) is 0 Å². The fourth-order valence-electron chi connectivity index (χ4n) is 2.20. The SMILES string of the molecule is Cc1sc(CNC(=O)OC(C)(C)C)c(/C=C/C(=O)C2CC2)c1C. The molecule has 1 aliphatic carbocycles. The summed E-state index contributed by atoms with van der Waals surface area (Å²) in [6.45, 7) is 10.0. The van der Waals surface area contributed by atoms with Crippen LogP contribution in [0.2, 0.25) is 0 Å². The Morgan fingerprint density at radius 2 is 1.96 bits per heavy atom. The zero-order valence-electron chi connectivity index (χ0n) is 14.5. The molecule has 1 aromatic rings. The molecule has 1 saturated carbocycles. The lowest BCUT2D eigenvalue weighted by atomic mass is 10.1. The summed E-state index contributed by atoms with van der Waals surface area (Å²) in [7, 11) is 0. The highest BCUT2D eigenvalue weighted by Gasteiger charge is 2.27. The van der Waals surface area contributed by atoms with Crippen LogP contribution >= 0.6 is 11.3 Å². The molecule has 1 fully saturated rings. The van der Waals surface area contributed by atoms with Gasteiger partial charge in [0.2, 0.25) is 0 Å². The first kappa shape index (κ1) is 17.7. The topological polar surface area (TPSA) is 55.4 Å². The van der Waals surface area contributed by atoms with Crippen LogP contribution in [0.3, 0.4) is 0 Å². The number of hydrogen-bond acceptors (Lipinski definition) is 4. The second-order valence-electron chi connectivity index (χ2n) is 6.99. The maximum absolute atomic E-state index is 11.9. The summed E-state index contributed by atoms with van der Waals surface area (Å²) in [5, 5.41) is 2.79. The van der Waals surface area contributed by atoms with Crippen molar-refractivity contribution in [3.8, 4) is 0 Å². The molecule has 0 aliphatic heterocycles. The Morgan fingerprint density at radius 1 is 1.30 bits per heavy atom. The third-order valence-electron chi connectivity index (χ3n) is 3.69. The number of alkyl carbamates (subject to hydrolysis) is 1. The standard InChI is InChI=1S/C18H25NO3S/c1-11-12(2)23-16(10-19-17(21)22-18(3,4)5)14(11)8-9-15(20)13-6-7-13/h8-9,13H,6-7,10H2,1-5H3,(H,19,21)/b9-8+. The lowest BCUT2D eigenvalue weighted by Gasteiger charge is -2.19. The Hall–Kier alpha value is -1.62. The first-order chi connectivity index (χ1) is 10.7. The average molecular weight is 335 g/mol. The second kappa shape index (κ2) is 6.87. The van der Waals surface area contributed by atoms with Gasteiger partial charge in [-0.05, 0) is 70.7 Å². The third kappa shape index (κ3) is 5.20. The molecule has 0 spiro atoms. The van der Waals surface area contributed by atoms with Crippen molar-refractivity contribution >= 4 is 29.3 Å². The molecule has 0 bridgehead atoms. The molecule has 1 N–H and O–H groups in total. The van der Waals surface area contributed by atoms with Gasteiger partial charge in [0, 0.05) is 15.7 Å². The van der Waals surface area contributed by atoms with Crippen molar-refractivity contribution in [1.82, 2.24) is 5.32 Å². The first-order valence-electron chi connectivity index (χ1n) is 7.95. The van der Waals surface area contributed by atoms with Crippen LogP contribution in [0.4, 0.5) is 4.79 Å². The Labute approximate surface area is 141 Å². The van der Waals surface area contributed by atoms with E-state index in [0.717, 1.165) is 28.8 Å². The lowest BCUT2D eigenvalue weighted by Crippen LogP contribution is -2.32. The van der Waals surface area contributed by atoms with Gasteiger partial charge < -0.3 is 10.1 Å². The van der Waals surface area contributed by atoms with Crippen LogP contribution in [-0.4, -0.2) is 17.5 Å². The summed E-state index contributed by atoms with van der Waals surface area (Å²) in [5.41, 5.74) is 1.69. The molecule has 0 atom stereocenters. The van der Waals surface area contributed by atoms with Crippen molar-refractivity contribution in [1.29, 1.82) is 0 Å². The molecular weight excluding hydrogens is 310 g/mol. The molecule has 0 saturated heterocycles. The molecule has 0 unspecified atom stereocenters. The number of thiophene rings is 1.